The van der Waals surface area contributed by atoms with Crippen LogP contribution in [0.25, 0.3) is 0 Å². The molecule has 0 saturated heterocycles. The molecule has 7 nitrogen and oxygen atoms in total. The minimum Gasteiger partial charge on any atom is -0.295 e. The third kappa shape index (κ3) is 2.67. The monoisotopic (exact) mass is 339 g/mol. The number of carbonyl (C=O) groups excluding carboxylic acids is 2. The fourth-order valence-corrected chi connectivity index (χ4v) is 3.24. The first-order chi connectivity index (χ1) is 11.7. The Morgan fingerprint density at radius 1 is 1.25 bits per heavy atom. The van der Waals surface area contributed by atoms with Gasteiger partial charge in [0, 0.05) is 0 Å². The van der Waals surface area contributed by atoms with Gasteiger partial charge in [-0.1, -0.05) is 36.4 Å². The lowest BCUT2D eigenvalue weighted by molar-refractivity contribution is -0.117. The lowest BCUT2D eigenvalue weighted by Crippen LogP contribution is -2.29. The molecule has 8 heteroatoms. The normalized spacial score (nSPS) is 16.3. The molecule has 0 saturated carbocycles. The Morgan fingerprint density at radius 2 is 2.08 bits per heavy atom. The van der Waals surface area contributed by atoms with E-state index < -0.39 is 0 Å². The third-order valence-electron chi connectivity index (χ3n) is 3.71. The van der Waals surface area contributed by atoms with Crippen molar-refractivity contribution < 1.29 is 9.59 Å². The number of nitrogens with one attached hydrogen (secondary N) is 2. The number of thiophene rings is 1. The zero-order valence-corrected chi connectivity index (χ0v) is 13.3. The van der Waals surface area contributed by atoms with Crippen LogP contribution in [0.5, 0.6) is 0 Å². The fourth-order valence-electron chi connectivity index (χ4n) is 2.62. The van der Waals surface area contributed by atoms with Gasteiger partial charge in [-0.05, 0) is 17.0 Å². The molecule has 2 N–H and O–H groups in total. The molecule has 1 atom stereocenters. The van der Waals surface area contributed by atoms with E-state index in [2.05, 4.69) is 20.7 Å². The number of aromatic nitrogens is 3. The molecule has 2 amide bonds. The Balaban J connectivity index is 1.65. The van der Waals surface area contributed by atoms with Gasteiger partial charge < -0.3 is 0 Å². The summed E-state index contributed by atoms with van der Waals surface area (Å²) < 4.78 is 1.64. The highest BCUT2D eigenvalue weighted by Gasteiger charge is 2.29. The van der Waals surface area contributed by atoms with Gasteiger partial charge in [-0.2, -0.15) is 4.98 Å². The zero-order chi connectivity index (χ0) is 16.5. The van der Waals surface area contributed by atoms with Crippen LogP contribution in [0.15, 0.2) is 47.8 Å². The number of hydrogen-bond acceptors (Lipinski definition) is 5. The maximum Gasteiger partial charge on any atom is 0.268 e. The first-order valence-electron chi connectivity index (χ1n) is 7.37. The van der Waals surface area contributed by atoms with Crippen molar-refractivity contribution in [2.45, 2.75) is 12.5 Å². The summed E-state index contributed by atoms with van der Waals surface area (Å²) in [7, 11) is 0. The standard InChI is InChI=1S/C16H13N5O2S/c22-13-9-11(10-5-2-1-3-6-10)21-16(17-13)19-15(20-21)18-14(23)12-7-4-8-24-12/h1-8,11H,9H2,(H2,17,18,19,20,22,23)/t11-/m0/s1. The largest absolute Gasteiger partial charge is 0.295 e. The Kier molecular flexibility index (Phi) is 3.58. The number of fused-ring (bicyclic) bond motifs is 1. The minimum absolute atomic E-state index is 0.125. The van der Waals surface area contributed by atoms with Gasteiger partial charge in [-0.15, -0.1) is 16.4 Å². The summed E-state index contributed by atoms with van der Waals surface area (Å²) in [6, 6.07) is 12.9. The molecule has 0 bridgehead atoms. The highest BCUT2D eigenvalue weighted by Crippen LogP contribution is 2.29. The smallest absolute Gasteiger partial charge is 0.268 e. The molecule has 3 aromatic rings. The predicted octanol–water partition coefficient (Wildman–Crippen LogP) is 2.52. The molecule has 4 rings (SSSR count). The molecule has 120 valence electrons. The minimum atomic E-state index is -0.268. The van der Waals surface area contributed by atoms with E-state index >= 15 is 0 Å². The van der Waals surface area contributed by atoms with Gasteiger partial charge in [0.05, 0.1) is 17.3 Å². The average molecular weight is 339 g/mol. The highest BCUT2D eigenvalue weighted by atomic mass is 32.1. The van der Waals surface area contributed by atoms with Gasteiger partial charge >= 0.3 is 0 Å². The lowest BCUT2D eigenvalue weighted by atomic mass is 10.0. The average Bonchev–Trinajstić information content (AvgIpc) is 3.24. The number of rotatable bonds is 3. The van der Waals surface area contributed by atoms with Gasteiger partial charge in [-0.25, -0.2) is 4.68 Å². The summed E-state index contributed by atoms with van der Waals surface area (Å²) in [6.07, 6.45) is 0.276. The summed E-state index contributed by atoms with van der Waals surface area (Å²) in [4.78, 5) is 28.9. The number of anilines is 2. The van der Waals surface area contributed by atoms with Crippen LogP contribution in [0.4, 0.5) is 11.9 Å². The molecular weight excluding hydrogens is 326 g/mol. The van der Waals surface area contributed by atoms with E-state index in [9.17, 15) is 9.59 Å². The zero-order valence-electron chi connectivity index (χ0n) is 12.5. The second-order valence-corrected chi connectivity index (χ2v) is 6.26. The number of benzene rings is 1. The van der Waals surface area contributed by atoms with Crippen molar-refractivity contribution in [1.82, 2.24) is 14.8 Å². The first kappa shape index (κ1) is 14.6. The van der Waals surface area contributed by atoms with Crippen molar-refractivity contribution >= 4 is 35.0 Å². The number of carbonyl (C=O) groups is 2. The number of nitrogens with zero attached hydrogens (tertiary/aromatic N) is 3. The maximum atomic E-state index is 12.1. The van der Waals surface area contributed by atoms with E-state index in [-0.39, 0.29) is 30.2 Å². The first-order valence-corrected chi connectivity index (χ1v) is 8.25. The van der Waals surface area contributed by atoms with Crippen molar-refractivity contribution in [3.63, 3.8) is 0 Å². The molecule has 0 radical (unpaired) electrons. The van der Waals surface area contributed by atoms with E-state index in [1.165, 1.54) is 11.3 Å². The molecule has 1 aromatic carbocycles. The quantitative estimate of drug-likeness (QED) is 0.767. The summed E-state index contributed by atoms with van der Waals surface area (Å²) in [6.45, 7) is 0. The van der Waals surface area contributed by atoms with Crippen LogP contribution >= 0.6 is 11.3 Å². The SMILES string of the molecule is O=C1C[C@@H](c2ccccc2)n2nc(NC(=O)c3cccs3)nc2N1. The molecule has 0 aliphatic carbocycles. The van der Waals surface area contributed by atoms with Gasteiger partial charge in [0.1, 0.15) is 0 Å². The van der Waals surface area contributed by atoms with Gasteiger partial charge in [0.25, 0.3) is 11.9 Å². The lowest BCUT2D eigenvalue weighted by Gasteiger charge is -2.23. The van der Waals surface area contributed by atoms with Crippen LogP contribution in [0.2, 0.25) is 0 Å². The second-order valence-electron chi connectivity index (χ2n) is 5.31. The van der Waals surface area contributed by atoms with Crippen molar-refractivity contribution in [2.75, 3.05) is 10.6 Å². The predicted molar refractivity (Wildman–Crippen MR) is 90.1 cm³/mol. The molecule has 2 aromatic heterocycles. The second kappa shape index (κ2) is 5.89. The molecule has 1 aliphatic rings. The fraction of sp³-hybridized carbons (Fsp3) is 0.125. The van der Waals surface area contributed by atoms with E-state index in [1.54, 1.807) is 16.8 Å². The highest BCUT2D eigenvalue weighted by molar-refractivity contribution is 7.12. The summed E-state index contributed by atoms with van der Waals surface area (Å²) >= 11 is 1.34. The molecule has 0 fully saturated rings. The van der Waals surface area contributed by atoms with Crippen LogP contribution in [-0.2, 0) is 4.79 Å². The van der Waals surface area contributed by atoms with Crippen LogP contribution in [0.1, 0.15) is 27.7 Å². The number of amides is 2. The Morgan fingerprint density at radius 3 is 2.83 bits per heavy atom. The topological polar surface area (TPSA) is 88.9 Å². The van der Waals surface area contributed by atoms with Crippen molar-refractivity contribution in [1.29, 1.82) is 0 Å². The van der Waals surface area contributed by atoms with Crippen LogP contribution in [-0.4, -0.2) is 26.6 Å². The van der Waals surface area contributed by atoms with Crippen LogP contribution < -0.4 is 10.6 Å². The Labute approximate surface area is 141 Å². The molecule has 1 aliphatic heterocycles. The van der Waals surface area contributed by atoms with E-state index in [0.717, 1.165) is 5.56 Å². The molecular formula is C16H13N5O2S. The Hall–Kier alpha value is -3.00. The van der Waals surface area contributed by atoms with Crippen LogP contribution in [0.3, 0.4) is 0 Å². The maximum absolute atomic E-state index is 12.1. The summed E-state index contributed by atoms with van der Waals surface area (Å²) in [5.41, 5.74) is 0.967. The van der Waals surface area contributed by atoms with Gasteiger partial charge in [-0.3, -0.25) is 20.2 Å². The molecule has 0 spiro atoms. The van der Waals surface area contributed by atoms with E-state index in [4.69, 9.17) is 0 Å². The summed E-state index contributed by atoms with van der Waals surface area (Å²) in [5, 5.41) is 11.5. The van der Waals surface area contributed by atoms with Gasteiger partial charge in [0.2, 0.25) is 11.9 Å². The Bertz CT molecular complexity index is 889. The van der Waals surface area contributed by atoms with E-state index in [1.807, 2.05) is 35.7 Å². The molecule has 24 heavy (non-hydrogen) atoms. The van der Waals surface area contributed by atoms with Crippen molar-refractivity contribution in [2.24, 2.45) is 0 Å². The summed E-state index contributed by atoms with van der Waals surface area (Å²) in [5.74, 6) is 0.114. The van der Waals surface area contributed by atoms with Gasteiger partial charge in [0.15, 0.2) is 0 Å². The van der Waals surface area contributed by atoms with E-state index in [0.29, 0.717) is 10.8 Å². The molecule has 3 heterocycles. The third-order valence-corrected chi connectivity index (χ3v) is 4.58. The van der Waals surface area contributed by atoms with Crippen LogP contribution in [0, 0.1) is 0 Å². The number of hydrogen-bond donors (Lipinski definition) is 2. The molecule has 0 unspecified atom stereocenters. The van der Waals surface area contributed by atoms with Crippen molar-refractivity contribution in [3.05, 3.63) is 58.3 Å². The van der Waals surface area contributed by atoms with Crippen molar-refractivity contribution in [3.8, 4) is 0 Å².